The lowest BCUT2D eigenvalue weighted by Gasteiger charge is -2.14. The fourth-order valence-corrected chi connectivity index (χ4v) is 2.89. The molecule has 1 unspecified atom stereocenters. The van der Waals surface area contributed by atoms with E-state index in [2.05, 4.69) is 41.3 Å². The van der Waals surface area contributed by atoms with Crippen molar-refractivity contribution < 1.29 is 0 Å². The van der Waals surface area contributed by atoms with E-state index >= 15 is 0 Å². The molecule has 2 heterocycles. The summed E-state index contributed by atoms with van der Waals surface area (Å²) < 4.78 is 0. The predicted octanol–water partition coefficient (Wildman–Crippen LogP) is 2.97. The summed E-state index contributed by atoms with van der Waals surface area (Å²) in [5.74, 6) is 0. The highest BCUT2D eigenvalue weighted by Crippen LogP contribution is 2.22. The van der Waals surface area contributed by atoms with E-state index in [1.54, 1.807) is 11.3 Å². The van der Waals surface area contributed by atoms with Crippen LogP contribution in [0, 0.1) is 20.8 Å². The monoisotopic (exact) mass is 261 g/mol. The Bertz CT molecular complexity index is 514. The van der Waals surface area contributed by atoms with Gasteiger partial charge in [0.25, 0.3) is 0 Å². The first-order chi connectivity index (χ1) is 8.60. The Labute approximate surface area is 112 Å². The second-order valence-electron chi connectivity index (χ2n) is 4.50. The molecule has 0 radical (unpaired) electrons. The minimum atomic E-state index is 0.231. The minimum absolute atomic E-state index is 0.231. The first-order valence-corrected chi connectivity index (χ1v) is 6.95. The van der Waals surface area contributed by atoms with Crippen molar-refractivity contribution in [2.75, 3.05) is 7.05 Å². The third-order valence-electron chi connectivity index (χ3n) is 3.07. The average molecular weight is 261 g/mol. The lowest BCUT2D eigenvalue weighted by molar-refractivity contribution is 0.572. The summed E-state index contributed by atoms with van der Waals surface area (Å²) in [6, 6.07) is 6.38. The largest absolute Gasteiger partial charge is 0.311 e. The molecule has 0 saturated heterocycles. The zero-order chi connectivity index (χ0) is 13.1. The van der Waals surface area contributed by atoms with Crippen molar-refractivity contribution in [1.82, 2.24) is 15.3 Å². The summed E-state index contributed by atoms with van der Waals surface area (Å²) in [7, 11) is 1.97. The van der Waals surface area contributed by atoms with E-state index in [0.29, 0.717) is 0 Å². The van der Waals surface area contributed by atoms with E-state index < -0.39 is 0 Å². The summed E-state index contributed by atoms with van der Waals surface area (Å²) in [6.45, 7) is 6.21. The third-order valence-corrected chi connectivity index (χ3v) is 4.16. The Balaban J connectivity index is 2.19. The Kier molecular flexibility index (Phi) is 4.09. The van der Waals surface area contributed by atoms with Crippen LogP contribution in [0.2, 0.25) is 0 Å². The molecule has 96 valence electrons. The molecule has 4 heteroatoms. The second-order valence-corrected chi connectivity index (χ2v) is 5.79. The molecule has 0 amide bonds. The number of hydrogen-bond acceptors (Lipinski definition) is 4. The second kappa shape index (κ2) is 5.59. The van der Waals surface area contributed by atoms with Crippen LogP contribution in [-0.2, 0) is 6.42 Å². The molecule has 18 heavy (non-hydrogen) atoms. The molecule has 2 aromatic heterocycles. The predicted molar refractivity (Wildman–Crippen MR) is 76.1 cm³/mol. The molecule has 1 N–H and O–H groups in total. The lowest BCUT2D eigenvalue weighted by atomic mass is 10.1. The average Bonchev–Trinajstić information content (AvgIpc) is 2.65. The Hall–Kier alpha value is -1.26. The summed E-state index contributed by atoms with van der Waals surface area (Å²) >= 11 is 1.78. The van der Waals surface area contributed by atoms with Crippen molar-refractivity contribution in [3.8, 4) is 0 Å². The van der Waals surface area contributed by atoms with Gasteiger partial charge in [-0.25, -0.2) is 4.98 Å². The van der Waals surface area contributed by atoms with Gasteiger partial charge in [0.15, 0.2) is 0 Å². The van der Waals surface area contributed by atoms with Crippen molar-refractivity contribution in [2.45, 2.75) is 33.2 Å². The van der Waals surface area contributed by atoms with Gasteiger partial charge in [-0.15, -0.1) is 11.3 Å². The highest BCUT2D eigenvalue weighted by atomic mass is 32.1. The molecule has 0 spiro atoms. The minimum Gasteiger partial charge on any atom is -0.311 e. The van der Waals surface area contributed by atoms with Gasteiger partial charge in [0, 0.05) is 17.0 Å². The summed E-state index contributed by atoms with van der Waals surface area (Å²) in [6.07, 6.45) is 0.895. The van der Waals surface area contributed by atoms with Gasteiger partial charge >= 0.3 is 0 Å². The molecule has 0 fully saturated rings. The first-order valence-electron chi connectivity index (χ1n) is 6.14. The maximum Gasteiger partial charge on any atom is 0.0950 e. The van der Waals surface area contributed by atoms with Gasteiger partial charge < -0.3 is 5.32 Å². The van der Waals surface area contributed by atoms with Crippen LogP contribution in [0.3, 0.4) is 0 Å². The van der Waals surface area contributed by atoms with Crippen LogP contribution in [0.4, 0.5) is 0 Å². The van der Waals surface area contributed by atoms with E-state index in [0.717, 1.165) is 23.5 Å². The summed E-state index contributed by atoms with van der Waals surface area (Å²) in [5, 5.41) is 4.50. The first kappa shape index (κ1) is 13.2. The molecule has 0 aliphatic heterocycles. The van der Waals surface area contributed by atoms with Gasteiger partial charge in [-0.1, -0.05) is 6.07 Å². The Morgan fingerprint density at radius 1 is 1.22 bits per heavy atom. The maximum atomic E-state index is 4.60. The topological polar surface area (TPSA) is 37.8 Å². The van der Waals surface area contributed by atoms with Crippen molar-refractivity contribution in [3.05, 3.63) is 45.2 Å². The standard InChI is InChI=1S/C14H19N3S/c1-9-6-5-7-12(16-9)13(15-4)8-14-17-10(2)11(3)18-14/h5-7,13,15H,8H2,1-4H3. The molecule has 2 rings (SSSR count). The fraction of sp³-hybridized carbons (Fsp3) is 0.429. The molecule has 0 aliphatic rings. The number of rotatable bonds is 4. The van der Waals surface area contributed by atoms with E-state index in [1.165, 1.54) is 9.88 Å². The number of aromatic nitrogens is 2. The zero-order valence-corrected chi connectivity index (χ0v) is 12.1. The number of likely N-dealkylation sites (N-methyl/N-ethyl adjacent to an activating group) is 1. The Morgan fingerprint density at radius 3 is 2.56 bits per heavy atom. The van der Waals surface area contributed by atoms with Gasteiger partial charge in [0.1, 0.15) is 0 Å². The van der Waals surface area contributed by atoms with E-state index in [1.807, 2.05) is 20.0 Å². The Morgan fingerprint density at radius 2 is 2.00 bits per heavy atom. The molecule has 2 aromatic rings. The highest BCUT2D eigenvalue weighted by Gasteiger charge is 2.14. The van der Waals surface area contributed by atoms with Gasteiger partial charge in [-0.3, -0.25) is 4.98 Å². The van der Waals surface area contributed by atoms with Crippen molar-refractivity contribution in [1.29, 1.82) is 0 Å². The van der Waals surface area contributed by atoms with Crippen molar-refractivity contribution >= 4 is 11.3 Å². The van der Waals surface area contributed by atoms with Crippen LogP contribution >= 0.6 is 11.3 Å². The lowest BCUT2D eigenvalue weighted by Crippen LogP contribution is -2.20. The number of nitrogens with one attached hydrogen (secondary N) is 1. The van der Waals surface area contributed by atoms with Crippen LogP contribution < -0.4 is 5.32 Å². The van der Waals surface area contributed by atoms with Crippen LogP contribution in [0.1, 0.15) is 33.0 Å². The van der Waals surface area contributed by atoms with Crippen molar-refractivity contribution in [3.63, 3.8) is 0 Å². The quantitative estimate of drug-likeness (QED) is 0.919. The van der Waals surface area contributed by atoms with E-state index in [-0.39, 0.29) is 6.04 Å². The van der Waals surface area contributed by atoms with E-state index in [9.17, 15) is 0 Å². The number of hydrogen-bond donors (Lipinski definition) is 1. The number of pyridine rings is 1. The number of nitrogens with zero attached hydrogens (tertiary/aromatic N) is 2. The molecular weight excluding hydrogens is 242 g/mol. The highest BCUT2D eigenvalue weighted by molar-refractivity contribution is 7.11. The van der Waals surface area contributed by atoms with Gasteiger partial charge in [-0.2, -0.15) is 0 Å². The third kappa shape index (κ3) is 2.94. The summed E-state index contributed by atoms with van der Waals surface area (Å²) in [5.41, 5.74) is 3.28. The molecule has 1 atom stereocenters. The number of aryl methyl sites for hydroxylation is 3. The van der Waals surface area contributed by atoms with Crippen LogP contribution in [0.15, 0.2) is 18.2 Å². The van der Waals surface area contributed by atoms with Crippen LogP contribution in [0.25, 0.3) is 0 Å². The van der Waals surface area contributed by atoms with Gasteiger partial charge in [0.2, 0.25) is 0 Å². The van der Waals surface area contributed by atoms with Crippen LogP contribution in [0.5, 0.6) is 0 Å². The molecule has 0 saturated carbocycles. The summed E-state index contributed by atoms with van der Waals surface area (Å²) in [4.78, 5) is 10.5. The van der Waals surface area contributed by atoms with Gasteiger partial charge in [0.05, 0.1) is 22.4 Å². The molecular formula is C14H19N3S. The maximum absolute atomic E-state index is 4.60. The van der Waals surface area contributed by atoms with Crippen LogP contribution in [-0.4, -0.2) is 17.0 Å². The molecule has 0 aromatic carbocycles. The molecule has 0 aliphatic carbocycles. The SMILES string of the molecule is CNC(Cc1nc(C)c(C)s1)c1cccc(C)n1. The smallest absolute Gasteiger partial charge is 0.0950 e. The normalized spacial score (nSPS) is 12.7. The van der Waals surface area contributed by atoms with Gasteiger partial charge in [-0.05, 0) is 40.0 Å². The van der Waals surface area contributed by atoms with Crippen molar-refractivity contribution in [2.24, 2.45) is 0 Å². The van der Waals surface area contributed by atoms with E-state index in [4.69, 9.17) is 0 Å². The fourth-order valence-electron chi connectivity index (χ4n) is 1.91. The molecule has 0 bridgehead atoms. The number of thiazole rings is 1. The molecule has 3 nitrogen and oxygen atoms in total. The zero-order valence-electron chi connectivity index (χ0n) is 11.3.